The van der Waals surface area contributed by atoms with Crippen LogP contribution in [-0.4, -0.2) is 26.8 Å². The Morgan fingerprint density at radius 3 is 1.76 bits per heavy atom. The summed E-state index contributed by atoms with van der Waals surface area (Å²) in [5, 5.41) is 5.33. The van der Waals surface area contributed by atoms with Gasteiger partial charge in [0.25, 0.3) is 11.8 Å². The Morgan fingerprint density at radius 1 is 0.667 bits per heavy atom. The molecule has 1 aromatic carbocycles. The molecule has 0 aliphatic heterocycles. The second-order valence-corrected chi connectivity index (χ2v) is 15.7. The SMILES string of the molecule is CCc1cc(C2=C(Cc3ccc(F)c(C(=O)Nc4cnc(C5=C(C)CC6(CC6)C5)cc4CC)c3F)CC3(CC3)C2)ncc1NC(=O)c1c(F)cncc1F. The largest absolute Gasteiger partial charge is 0.320 e. The molecule has 2 amide bonds. The summed E-state index contributed by atoms with van der Waals surface area (Å²) in [4.78, 5) is 39.1. The van der Waals surface area contributed by atoms with Crippen molar-refractivity contribution in [3.63, 3.8) is 0 Å². The lowest BCUT2D eigenvalue weighted by Gasteiger charge is -2.15. The summed E-state index contributed by atoms with van der Waals surface area (Å²) in [7, 11) is 0. The summed E-state index contributed by atoms with van der Waals surface area (Å²) >= 11 is 0. The predicted octanol–water partition coefficient (Wildman–Crippen LogP) is 9.98. The van der Waals surface area contributed by atoms with Crippen LogP contribution in [0.4, 0.5) is 28.9 Å². The van der Waals surface area contributed by atoms with Gasteiger partial charge in [-0.3, -0.25) is 24.5 Å². The summed E-state index contributed by atoms with van der Waals surface area (Å²) in [6.45, 7) is 6.02. The Hall–Kier alpha value is -5.19. The molecule has 8 rings (SSSR count). The first-order valence-electron chi connectivity index (χ1n) is 18.7. The van der Waals surface area contributed by atoms with E-state index in [4.69, 9.17) is 0 Å². The Bertz CT molecular complexity index is 2290. The van der Waals surface area contributed by atoms with Crippen molar-refractivity contribution < 1.29 is 27.2 Å². The lowest BCUT2D eigenvalue weighted by atomic mass is 9.96. The molecule has 54 heavy (non-hydrogen) atoms. The van der Waals surface area contributed by atoms with Crippen molar-refractivity contribution in [3.05, 3.63) is 123 Å². The van der Waals surface area contributed by atoms with Crippen LogP contribution in [0, 0.1) is 34.1 Å². The van der Waals surface area contributed by atoms with Crippen molar-refractivity contribution >= 4 is 34.3 Å². The number of rotatable bonds is 10. The fourth-order valence-electron chi connectivity index (χ4n) is 8.49. The zero-order valence-electron chi connectivity index (χ0n) is 30.6. The number of anilines is 2. The standard InChI is InChI=1S/C43H41F4N5O2/c1-4-24-13-33(28-17-42(8-9-42)15-23(28)3)49-21-36(24)52-41(54)38-30(44)7-6-26(39(38)47)12-27-16-43(10-11-43)18-29(27)34-14-25(5-2)35(22-50-34)51-40(53)37-31(45)19-48-20-32(37)46/h6-7,13-14,19-22H,4-5,8-12,15-18H2,1-3H3,(H,51,53)(H,52,54). The molecule has 2 fully saturated rings. The second kappa shape index (κ2) is 13.6. The van der Waals surface area contributed by atoms with Crippen molar-refractivity contribution in [2.75, 3.05) is 10.6 Å². The Kier molecular flexibility index (Phi) is 9.01. The number of amides is 2. The minimum Gasteiger partial charge on any atom is -0.320 e. The molecule has 4 aliphatic rings. The summed E-state index contributed by atoms with van der Waals surface area (Å²) in [5.41, 5.74) is 7.65. The van der Waals surface area contributed by atoms with Gasteiger partial charge in [0.2, 0.25) is 0 Å². The van der Waals surface area contributed by atoms with Crippen LogP contribution in [0.3, 0.4) is 0 Å². The highest BCUT2D eigenvalue weighted by Gasteiger charge is 2.49. The van der Waals surface area contributed by atoms with E-state index in [0.717, 1.165) is 79.4 Å². The third kappa shape index (κ3) is 6.62. The van der Waals surface area contributed by atoms with Gasteiger partial charge < -0.3 is 10.6 Å². The molecule has 3 heterocycles. The first-order valence-corrected chi connectivity index (χ1v) is 18.7. The number of carbonyl (C=O) groups excluding carboxylic acids is 2. The van der Waals surface area contributed by atoms with E-state index >= 15 is 8.78 Å². The van der Waals surface area contributed by atoms with Gasteiger partial charge in [0.1, 0.15) is 22.8 Å². The number of hydrogen-bond donors (Lipinski definition) is 2. The molecule has 278 valence electrons. The molecule has 0 bridgehead atoms. The number of nitrogens with zero attached hydrogens (tertiary/aromatic N) is 3. The molecule has 11 heteroatoms. The van der Waals surface area contributed by atoms with Crippen LogP contribution in [0.15, 0.2) is 60.2 Å². The maximum absolute atomic E-state index is 16.3. The summed E-state index contributed by atoms with van der Waals surface area (Å²) < 4.78 is 60.0. The normalized spacial score (nSPS) is 17.8. The molecule has 4 aromatic rings. The van der Waals surface area contributed by atoms with Crippen LogP contribution >= 0.6 is 0 Å². The van der Waals surface area contributed by atoms with Gasteiger partial charge in [-0.1, -0.05) is 31.1 Å². The fourth-order valence-corrected chi connectivity index (χ4v) is 8.49. The molecule has 2 N–H and O–H groups in total. The highest BCUT2D eigenvalue weighted by molar-refractivity contribution is 6.06. The van der Waals surface area contributed by atoms with Gasteiger partial charge in [-0.2, -0.15) is 0 Å². The van der Waals surface area contributed by atoms with Crippen LogP contribution in [0.25, 0.3) is 11.1 Å². The third-order valence-electron chi connectivity index (χ3n) is 11.9. The van der Waals surface area contributed by atoms with Gasteiger partial charge in [-0.15, -0.1) is 0 Å². The number of hydrogen-bond acceptors (Lipinski definition) is 5. The first-order chi connectivity index (χ1) is 25.9. The zero-order valence-corrected chi connectivity index (χ0v) is 30.6. The predicted molar refractivity (Wildman–Crippen MR) is 199 cm³/mol. The number of benzene rings is 1. The highest BCUT2D eigenvalue weighted by atomic mass is 19.1. The van der Waals surface area contributed by atoms with Crippen LogP contribution in [0.5, 0.6) is 0 Å². The van der Waals surface area contributed by atoms with Gasteiger partial charge in [0, 0.05) is 0 Å². The van der Waals surface area contributed by atoms with Crippen molar-refractivity contribution in [1.29, 1.82) is 0 Å². The van der Waals surface area contributed by atoms with Gasteiger partial charge in [-0.25, -0.2) is 17.6 Å². The second-order valence-electron chi connectivity index (χ2n) is 15.7. The zero-order chi connectivity index (χ0) is 37.9. The van der Waals surface area contributed by atoms with Crippen molar-refractivity contribution in [2.24, 2.45) is 10.8 Å². The van der Waals surface area contributed by atoms with E-state index in [1.165, 1.54) is 36.3 Å². The lowest BCUT2D eigenvalue weighted by molar-refractivity contribution is 0.101. The average Bonchev–Trinajstić information content (AvgIpc) is 4.02. The van der Waals surface area contributed by atoms with Crippen molar-refractivity contribution in [3.8, 4) is 0 Å². The molecule has 0 saturated heterocycles. The van der Waals surface area contributed by atoms with Crippen molar-refractivity contribution in [2.45, 2.75) is 91.4 Å². The van der Waals surface area contributed by atoms with E-state index in [1.807, 2.05) is 26.0 Å². The lowest BCUT2D eigenvalue weighted by Crippen LogP contribution is -2.18. The van der Waals surface area contributed by atoms with Gasteiger partial charge in [0.05, 0.1) is 47.6 Å². The summed E-state index contributed by atoms with van der Waals surface area (Å²) in [5.74, 6) is -5.83. The topological polar surface area (TPSA) is 96.9 Å². The molecular formula is C43H41F4N5O2. The molecule has 2 saturated carbocycles. The van der Waals surface area contributed by atoms with Gasteiger partial charge in [0.15, 0.2) is 11.6 Å². The van der Waals surface area contributed by atoms with Gasteiger partial charge in [-0.05, 0) is 134 Å². The molecular weight excluding hydrogens is 694 g/mol. The van der Waals surface area contributed by atoms with Crippen LogP contribution in [0.2, 0.25) is 0 Å². The number of aryl methyl sites for hydroxylation is 2. The maximum Gasteiger partial charge on any atom is 0.261 e. The van der Waals surface area contributed by atoms with E-state index in [9.17, 15) is 18.4 Å². The fraction of sp³-hybridized carbons (Fsp3) is 0.372. The quantitative estimate of drug-likeness (QED) is 0.158. The maximum atomic E-state index is 16.3. The number of halogens is 4. The smallest absolute Gasteiger partial charge is 0.261 e. The van der Waals surface area contributed by atoms with E-state index in [-0.39, 0.29) is 17.4 Å². The molecule has 7 nitrogen and oxygen atoms in total. The summed E-state index contributed by atoms with van der Waals surface area (Å²) in [6.07, 6.45) is 13.9. The molecule has 0 atom stereocenters. The Labute approximate surface area is 311 Å². The number of nitrogens with one attached hydrogen (secondary N) is 2. The van der Waals surface area contributed by atoms with Crippen LogP contribution < -0.4 is 10.6 Å². The van der Waals surface area contributed by atoms with Gasteiger partial charge >= 0.3 is 0 Å². The molecule has 0 radical (unpaired) electrons. The number of pyridine rings is 3. The molecule has 3 aromatic heterocycles. The Balaban J connectivity index is 1.05. The number of carbonyl (C=O) groups is 2. The number of allylic oxidation sites excluding steroid dienone is 4. The average molecular weight is 736 g/mol. The minimum atomic E-state index is -1.07. The molecule has 4 aliphatic carbocycles. The van der Waals surface area contributed by atoms with E-state index < -0.39 is 46.2 Å². The van der Waals surface area contributed by atoms with Crippen molar-refractivity contribution in [1.82, 2.24) is 15.0 Å². The van der Waals surface area contributed by atoms with Crippen LogP contribution in [0.1, 0.15) is 121 Å². The molecule has 0 unspecified atom stereocenters. The highest BCUT2D eigenvalue weighted by Crippen LogP contribution is 2.62. The number of aromatic nitrogens is 3. The third-order valence-corrected chi connectivity index (χ3v) is 11.9. The van der Waals surface area contributed by atoms with E-state index in [1.54, 1.807) is 6.20 Å². The molecule has 2 spiro atoms. The summed E-state index contributed by atoms with van der Waals surface area (Å²) in [6, 6.07) is 6.35. The minimum absolute atomic E-state index is 0.0563. The monoisotopic (exact) mass is 735 g/mol. The van der Waals surface area contributed by atoms with E-state index in [0.29, 0.717) is 40.9 Å². The first kappa shape index (κ1) is 35.8. The van der Waals surface area contributed by atoms with Crippen LogP contribution in [-0.2, 0) is 19.3 Å². The Morgan fingerprint density at radius 2 is 1.20 bits per heavy atom. The van der Waals surface area contributed by atoms with E-state index in [2.05, 4.69) is 32.5 Å².